The van der Waals surface area contributed by atoms with Crippen molar-refractivity contribution in [1.82, 2.24) is 16.0 Å². The maximum atomic E-state index is 11.3. The zero-order chi connectivity index (χ0) is 14.0. The van der Waals surface area contributed by atoms with Crippen molar-refractivity contribution in [3.8, 4) is 0 Å². The van der Waals surface area contributed by atoms with Crippen LogP contribution in [-0.4, -0.2) is 43.9 Å². The third kappa shape index (κ3) is 8.51. The molecule has 3 amide bonds. The smallest absolute Gasteiger partial charge is 0.309 e. The third-order valence-electron chi connectivity index (χ3n) is 1.98. The van der Waals surface area contributed by atoms with Gasteiger partial charge in [0.15, 0.2) is 0 Å². The van der Waals surface area contributed by atoms with Crippen LogP contribution in [0.3, 0.4) is 0 Å². The van der Waals surface area contributed by atoms with Crippen LogP contribution in [0.25, 0.3) is 0 Å². The van der Waals surface area contributed by atoms with Crippen LogP contribution >= 0.6 is 0 Å². The highest BCUT2D eigenvalue weighted by molar-refractivity contribution is 6.35. The van der Waals surface area contributed by atoms with Gasteiger partial charge < -0.3 is 21.7 Å². The molecular formula is C11H22N4O3. The molecule has 0 radical (unpaired) electrons. The number of nitrogens with two attached hydrogens (primary N) is 1. The lowest BCUT2D eigenvalue weighted by molar-refractivity contribution is -0.139. The quantitative estimate of drug-likeness (QED) is 0.409. The van der Waals surface area contributed by atoms with Gasteiger partial charge in [0.05, 0.1) is 0 Å². The number of hydrogen-bond acceptors (Lipinski definition) is 4. The summed E-state index contributed by atoms with van der Waals surface area (Å²) >= 11 is 0. The summed E-state index contributed by atoms with van der Waals surface area (Å²) in [6.45, 7) is 5.24. The van der Waals surface area contributed by atoms with Crippen molar-refractivity contribution in [3.63, 3.8) is 0 Å². The van der Waals surface area contributed by atoms with Crippen molar-refractivity contribution in [3.05, 3.63) is 0 Å². The molecule has 0 fully saturated rings. The van der Waals surface area contributed by atoms with Crippen LogP contribution in [0.1, 0.15) is 20.3 Å². The summed E-state index contributed by atoms with van der Waals surface area (Å²) in [5, 5.41) is 7.40. The number of hydrogen-bond donors (Lipinski definition) is 4. The summed E-state index contributed by atoms with van der Waals surface area (Å²) in [6, 6.07) is 0. The molecule has 7 heteroatoms. The molecule has 0 aromatic heterocycles. The van der Waals surface area contributed by atoms with Gasteiger partial charge in [0.2, 0.25) is 5.91 Å². The summed E-state index contributed by atoms with van der Waals surface area (Å²) in [5.41, 5.74) is 5.18. The molecule has 0 saturated heterocycles. The Balaban J connectivity index is 3.67. The molecule has 7 nitrogen and oxygen atoms in total. The molecule has 0 aliphatic heterocycles. The van der Waals surface area contributed by atoms with E-state index < -0.39 is 11.8 Å². The number of nitrogens with one attached hydrogen (secondary N) is 3. The normalized spacial score (nSPS) is 10.0. The Morgan fingerprint density at radius 2 is 1.56 bits per heavy atom. The summed E-state index contributed by atoms with van der Waals surface area (Å²) in [5.74, 6) is -1.25. The minimum atomic E-state index is -0.750. The Morgan fingerprint density at radius 3 is 2.06 bits per heavy atom. The molecular weight excluding hydrogens is 236 g/mol. The van der Waals surface area contributed by atoms with E-state index in [1.54, 1.807) is 0 Å². The van der Waals surface area contributed by atoms with Gasteiger partial charge in [0.1, 0.15) is 0 Å². The number of amides is 3. The molecule has 0 saturated carbocycles. The van der Waals surface area contributed by atoms with Crippen LogP contribution in [0.5, 0.6) is 0 Å². The minimum absolute atomic E-state index is 0.138. The average molecular weight is 258 g/mol. The van der Waals surface area contributed by atoms with Gasteiger partial charge in [-0.15, -0.1) is 0 Å². The van der Waals surface area contributed by atoms with Gasteiger partial charge in [-0.25, -0.2) is 0 Å². The minimum Gasteiger partial charge on any atom is -0.356 e. The molecule has 0 spiro atoms. The van der Waals surface area contributed by atoms with E-state index in [1.807, 2.05) is 13.8 Å². The van der Waals surface area contributed by atoms with Crippen LogP contribution < -0.4 is 21.7 Å². The fourth-order valence-electron chi connectivity index (χ4n) is 1.04. The third-order valence-corrected chi connectivity index (χ3v) is 1.98. The molecule has 0 aliphatic rings. The van der Waals surface area contributed by atoms with Gasteiger partial charge in [-0.2, -0.15) is 0 Å². The predicted molar refractivity (Wildman–Crippen MR) is 67.5 cm³/mol. The van der Waals surface area contributed by atoms with Gasteiger partial charge in [0, 0.05) is 32.6 Å². The summed E-state index contributed by atoms with van der Waals surface area (Å²) in [4.78, 5) is 33.6. The topological polar surface area (TPSA) is 113 Å². The van der Waals surface area contributed by atoms with Gasteiger partial charge >= 0.3 is 11.8 Å². The predicted octanol–water partition coefficient (Wildman–Crippen LogP) is -1.66. The highest BCUT2D eigenvalue weighted by atomic mass is 16.2. The largest absolute Gasteiger partial charge is 0.356 e. The first-order valence-corrected chi connectivity index (χ1v) is 6.00. The molecule has 0 bridgehead atoms. The van der Waals surface area contributed by atoms with E-state index in [-0.39, 0.29) is 32.0 Å². The zero-order valence-corrected chi connectivity index (χ0v) is 10.9. The lowest BCUT2D eigenvalue weighted by Crippen LogP contribution is -2.42. The second-order valence-corrected chi connectivity index (χ2v) is 4.25. The van der Waals surface area contributed by atoms with Crippen molar-refractivity contribution >= 4 is 17.7 Å². The van der Waals surface area contributed by atoms with Crippen molar-refractivity contribution in [2.45, 2.75) is 20.3 Å². The van der Waals surface area contributed by atoms with E-state index in [0.29, 0.717) is 12.5 Å². The molecule has 0 aromatic rings. The maximum absolute atomic E-state index is 11.3. The van der Waals surface area contributed by atoms with Crippen LogP contribution in [-0.2, 0) is 14.4 Å². The molecule has 0 aliphatic carbocycles. The van der Waals surface area contributed by atoms with Crippen molar-refractivity contribution < 1.29 is 14.4 Å². The van der Waals surface area contributed by atoms with Gasteiger partial charge in [-0.3, -0.25) is 14.4 Å². The van der Waals surface area contributed by atoms with Gasteiger partial charge in [0.25, 0.3) is 0 Å². The fourth-order valence-corrected chi connectivity index (χ4v) is 1.04. The Labute approximate surface area is 107 Å². The molecule has 0 rings (SSSR count). The van der Waals surface area contributed by atoms with Crippen molar-refractivity contribution in [1.29, 1.82) is 0 Å². The first-order chi connectivity index (χ1) is 8.47. The molecule has 5 N–H and O–H groups in total. The molecule has 18 heavy (non-hydrogen) atoms. The van der Waals surface area contributed by atoms with E-state index in [4.69, 9.17) is 5.73 Å². The Hall–Kier alpha value is -1.63. The second-order valence-electron chi connectivity index (χ2n) is 4.25. The summed E-state index contributed by atoms with van der Waals surface area (Å²) < 4.78 is 0. The number of rotatable bonds is 7. The zero-order valence-electron chi connectivity index (χ0n) is 10.9. The van der Waals surface area contributed by atoms with Crippen LogP contribution in [0.2, 0.25) is 0 Å². The molecule has 0 aromatic carbocycles. The average Bonchev–Trinajstić information content (AvgIpc) is 2.33. The second kappa shape index (κ2) is 9.41. The number of carbonyl (C=O) groups excluding carboxylic acids is 3. The van der Waals surface area contributed by atoms with Crippen LogP contribution in [0, 0.1) is 5.92 Å². The van der Waals surface area contributed by atoms with Crippen LogP contribution in [0.15, 0.2) is 0 Å². The molecule has 0 heterocycles. The van der Waals surface area contributed by atoms with Gasteiger partial charge in [-0.1, -0.05) is 13.8 Å². The van der Waals surface area contributed by atoms with E-state index in [9.17, 15) is 14.4 Å². The van der Waals surface area contributed by atoms with Crippen molar-refractivity contribution in [2.24, 2.45) is 11.7 Å². The highest BCUT2D eigenvalue weighted by Crippen LogP contribution is 1.87. The molecule has 0 unspecified atom stereocenters. The summed E-state index contributed by atoms with van der Waals surface area (Å²) in [7, 11) is 0. The molecule has 0 atom stereocenters. The van der Waals surface area contributed by atoms with Crippen LogP contribution in [0.4, 0.5) is 0 Å². The maximum Gasteiger partial charge on any atom is 0.309 e. The Kier molecular flexibility index (Phi) is 8.55. The fraction of sp³-hybridized carbons (Fsp3) is 0.727. The lowest BCUT2D eigenvalue weighted by Gasteiger charge is -2.08. The standard InChI is InChI=1S/C11H22N4O3/c1-8(2)7-15-9(16)3-5-13-10(17)11(18)14-6-4-12/h8H,3-7,12H2,1-2H3,(H,13,17)(H,14,18)(H,15,16). The Morgan fingerprint density at radius 1 is 1.00 bits per heavy atom. The SMILES string of the molecule is CC(C)CNC(=O)CCNC(=O)C(=O)NCCN. The van der Waals surface area contributed by atoms with E-state index in [1.165, 1.54) is 0 Å². The first kappa shape index (κ1) is 16.4. The van der Waals surface area contributed by atoms with E-state index in [2.05, 4.69) is 16.0 Å². The van der Waals surface area contributed by atoms with E-state index >= 15 is 0 Å². The van der Waals surface area contributed by atoms with Gasteiger partial charge in [-0.05, 0) is 5.92 Å². The monoisotopic (exact) mass is 258 g/mol. The highest BCUT2D eigenvalue weighted by Gasteiger charge is 2.12. The Bertz CT molecular complexity index is 292. The first-order valence-electron chi connectivity index (χ1n) is 6.00. The van der Waals surface area contributed by atoms with Crippen molar-refractivity contribution in [2.75, 3.05) is 26.2 Å². The lowest BCUT2D eigenvalue weighted by atomic mass is 10.2. The number of carbonyl (C=O) groups is 3. The van der Waals surface area contributed by atoms with E-state index in [0.717, 1.165) is 0 Å². The molecule has 104 valence electrons. The summed E-state index contributed by atoms with van der Waals surface area (Å²) in [6.07, 6.45) is 0.155.